The number of aliphatic hydroxyl groups is 1. The Morgan fingerprint density at radius 2 is 1.46 bits per heavy atom. The highest BCUT2D eigenvalue weighted by atomic mass is 32.2. The van der Waals surface area contributed by atoms with E-state index in [2.05, 4.69) is 21.3 Å². The molecule has 220 valence electrons. The number of hydrogen-bond donors (Lipinski definition) is 6. The largest absolute Gasteiger partial charge is 0.502 e. The van der Waals surface area contributed by atoms with Gasteiger partial charge < -0.3 is 36.8 Å². The number of nitrogens with two attached hydrogens (primary N) is 1. The van der Waals surface area contributed by atoms with Crippen LogP contribution in [-0.2, 0) is 28.7 Å². The first-order chi connectivity index (χ1) is 18.2. The zero-order chi connectivity index (χ0) is 29.8. The van der Waals surface area contributed by atoms with Crippen molar-refractivity contribution < 1.29 is 33.8 Å². The second-order valence-electron chi connectivity index (χ2n) is 10.4. The topological polar surface area (TPSA) is 192 Å². The number of carbonyl (C=O) groups excluding carboxylic acids is 5. The van der Waals surface area contributed by atoms with Gasteiger partial charge in [-0.2, -0.15) is 0 Å². The minimum Gasteiger partial charge on any atom is -0.502 e. The van der Waals surface area contributed by atoms with Crippen molar-refractivity contribution in [3.05, 3.63) is 22.3 Å². The molecule has 3 atom stereocenters. The molecule has 39 heavy (non-hydrogen) atoms. The van der Waals surface area contributed by atoms with E-state index in [9.17, 15) is 29.1 Å². The van der Waals surface area contributed by atoms with Crippen molar-refractivity contribution in [2.45, 2.75) is 78.5 Å². The molecule has 0 saturated carbocycles. The Morgan fingerprint density at radius 1 is 0.949 bits per heavy atom. The molecule has 1 saturated heterocycles. The number of epoxide rings is 1. The number of nitrogens with one attached hydrogen (secondary N) is 4. The number of aliphatic hydroxyl groups excluding tert-OH is 1. The molecule has 7 N–H and O–H groups in total. The van der Waals surface area contributed by atoms with Gasteiger partial charge in [0.25, 0.3) is 0 Å². The number of hydrogen-bond acceptors (Lipinski definition) is 9. The van der Waals surface area contributed by atoms with Crippen LogP contribution < -0.4 is 27.0 Å². The second kappa shape index (κ2) is 16.1. The van der Waals surface area contributed by atoms with E-state index in [1.54, 1.807) is 13.8 Å². The van der Waals surface area contributed by atoms with E-state index < -0.39 is 41.3 Å². The standard InChI is InChI=1S/C26H43N5O7S/c1-7-23(35)39-17(11-27)10-20(32)28-12-21(33)31-19(9-16(4)5)25(37)29-13-22(34)30-18(8-15(2)3)24(36)26(6)14-38-26/h7,11,15-16,18-19,35H,8-10,12-14,27H2,1-6H3,(H,28,32)(H,29,37)(H,30,34)(H,31,33)/b17-11-,23-7+/t18-,19-,26+/m0/s1. The van der Waals surface area contributed by atoms with Crippen molar-refractivity contribution in [2.75, 3.05) is 19.7 Å². The first-order valence-electron chi connectivity index (χ1n) is 13.0. The van der Waals surface area contributed by atoms with Crippen molar-refractivity contribution in [2.24, 2.45) is 17.6 Å². The molecular formula is C26H43N5O7S. The van der Waals surface area contributed by atoms with Crippen LogP contribution >= 0.6 is 11.8 Å². The number of Topliss-reactive ketones (excluding diaryl/α,β-unsaturated/α-hetero) is 1. The number of thioether (sulfide) groups is 1. The van der Waals surface area contributed by atoms with Gasteiger partial charge in [0.15, 0.2) is 5.78 Å². The lowest BCUT2D eigenvalue weighted by atomic mass is 9.93. The van der Waals surface area contributed by atoms with E-state index in [0.29, 0.717) is 24.4 Å². The Kier molecular flexibility index (Phi) is 14.1. The molecule has 1 aliphatic rings. The fraction of sp³-hybridized carbons (Fsp3) is 0.654. The van der Waals surface area contributed by atoms with Gasteiger partial charge >= 0.3 is 0 Å². The molecule has 0 radical (unpaired) electrons. The highest BCUT2D eigenvalue weighted by Crippen LogP contribution is 2.29. The van der Waals surface area contributed by atoms with Crippen molar-refractivity contribution in [3.8, 4) is 0 Å². The number of rotatable bonds is 17. The average Bonchev–Trinajstić information content (AvgIpc) is 3.61. The van der Waals surface area contributed by atoms with Crippen LogP contribution in [0.25, 0.3) is 0 Å². The Morgan fingerprint density at radius 3 is 1.95 bits per heavy atom. The maximum atomic E-state index is 12.8. The van der Waals surface area contributed by atoms with Crippen molar-refractivity contribution in [1.29, 1.82) is 0 Å². The third-order valence-electron chi connectivity index (χ3n) is 5.69. The van der Waals surface area contributed by atoms with E-state index >= 15 is 0 Å². The lowest BCUT2D eigenvalue weighted by Crippen LogP contribution is -2.53. The van der Waals surface area contributed by atoms with E-state index in [1.807, 2.05) is 27.7 Å². The number of carbonyl (C=O) groups is 5. The molecule has 1 heterocycles. The molecule has 4 amide bonds. The van der Waals surface area contributed by atoms with Crippen LogP contribution in [-0.4, -0.2) is 71.9 Å². The maximum absolute atomic E-state index is 12.8. The van der Waals surface area contributed by atoms with Gasteiger partial charge in [0.1, 0.15) is 16.7 Å². The molecule has 0 aliphatic carbocycles. The molecule has 0 bridgehead atoms. The van der Waals surface area contributed by atoms with Crippen molar-refractivity contribution >= 4 is 41.2 Å². The van der Waals surface area contributed by atoms with Gasteiger partial charge in [-0.05, 0) is 44.6 Å². The summed E-state index contributed by atoms with van der Waals surface area (Å²) in [5.74, 6) is -2.17. The molecule has 1 rings (SSSR count). The summed E-state index contributed by atoms with van der Waals surface area (Å²) in [5.41, 5.74) is 4.60. The quantitative estimate of drug-likeness (QED) is 0.109. The summed E-state index contributed by atoms with van der Waals surface area (Å²) in [6.07, 6.45) is 3.26. The van der Waals surface area contributed by atoms with Crippen LogP contribution in [0.3, 0.4) is 0 Å². The number of ether oxygens (including phenoxy) is 1. The summed E-state index contributed by atoms with van der Waals surface area (Å²) in [6, 6.07) is -1.66. The van der Waals surface area contributed by atoms with E-state index in [0.717, 1.165) is 11.8 Å². The number of allylic oxidation sites excluding steroid dienone is 1. The first kappa shape index (κ1) is 34.0. The Bertz CT molecular complexity index is 960. The summed E-state index contributed by atoms with van der Waals surface area (Å²) in [4.78, 5) is 63.1. The van der Waals surface area contributed by atoms with Gasteiger partial charge in [-0.25, -0.2) is 0 Å². The van der Waals surface area contributed by atoms with Crippen LogP contribution in [0.4, 0.5) is 0 Å². The third-order valence-corrected chi connectivity index (χ3v) is 6.68. The van der Waals surface area contributed by atoms with Crippen LogP contribution in [0.5, 0.6) is 0 Å². The fourth-order valence-corrected chi connectivity index (χ4v) is 4.19. The number of ketones is 1. The molecule has 0 unspecified atom stereocenters. The maximum Gasteiger partial charge on any atom is 0.243 e. The Labute approximate surface area is 234 Å². The van der Waals surface area contributed by atoms with E-state index in [1.165, 1.54) is 12.3 Å². The van der Waals surface area contributed by atoms with Crippen molar-refractivity contribution in [1.82, 2.24) is 21.3 Å². The fourth-order valence-electron chi connectivity index (χ4n) is 3.53. The van der Waals surface area contributed by atoms with Crippen LogP contribution in [0, 0.1) is 11.8 Å². The zero-order valence-corrected chi connectivity index (χ0v) is 24.4. The summed E-state index contributed by atoms with van der Waals surface area (Å²) >= 11 is 0.929. The van der Waals surface area contributed by atoms with Gasteiger partial charge in [0.05, 0.1) is 32.2 Å². The monoisotopic (exact) mass is 569 g/mol. The SMILES string of the molecule is C/C=C(\O)S/C(=C\N)CC(=O)NCC(=O)N[C@@H](CC(C)C)C(=O)NCC(=O)N[C@@H](CC(C)C)C(=O)[C@@]1(C)CO1. The molecule has 0 aromatic rings. The average molecular weight is 570 g/mol. The smallest absolute Gasteiger partial charge is 0.243 e. The Hall–Kier alpha value is -3.06. The molecule has 1 fully saturated rings. The van der Waals surface area contributed by atoms with Gasteiger partial charge in [0.2, 0.25) is 23.6 Å². The molecule has 0 aromatic heterocycles. The second-order valence-corrected chi connectivity index (χ2v) is 11.6. The molecule has 1 aliphatic heterocycles. The van der Waals surface area contributed by atoms with Gasteiger partial charge in [-0.15, -0.1) is 0 Å². The van der Waals surface area contributed by atoms with E-state index in [-0.39, 0.29) is 42.2 Å². The molecule has 0 aromatic carbocycles. The molecule has 12 nitrogen and oxygen atoms in total. The number of amides is 4. The summed E-state index contributed by atoms with van der Waals surface area (Å²) in [7, 11) is 0. The van der Waals surface area contributed by atoms with Crippen molar-refractivity contribution in [3.63, 3.8) is 0 Å². The molecule has 0 spiro atoms. The van der Waals surface area contributed by atoms with E-state index in [4.69, 9.17) is 10.5 Å². The first-order valence-corrected chi connectivity index (χ1v) is 13.8. The third kappa shape index (κ3) is 13.0. The van der Waals surface area contributed by atoms with Crippen LogP contribution in [0.2, 0.25) is 0 Å². The summed E-state index contributed by atoms with van der Waals surface area (Å²) < 4.78 is 5.23. The predicted molar refractivity (Wildman–Crippen MR) is 149 cm³/mol. The summed E-state index contributed by atoms with van der Waals surface area (Å²) in [5, 5.41) is 19.8. The van der Waals surface area contributed by atoms with Gasteiger partial charge in [-0.3, -0.25) is 24.0 Å². The summed E-state index contributed by atoms with van der Waals surface area (Å²) in [6.45, 7) is 10.5. The molecule has 13 heteroatoms. The molecular weight excluding hydrogens is 526 g/mol. The highest BCUT2D eigenvalue weighted by Gasteiger charge is 2.50. The normalized spacial score (nSPS) is 18.8. The lowest BCUT2D eigenvalue weighted by Gasteiger charge is -2.22. The van der Waals surface area contributed by atoms with Crippen LogP contribution in [0.1, 0.15) is 60.8 Å². The minimum atomic E-state index is -0.934. The van der Waals surface area contributed by atoms with Gasteiger partial charge in [0, 0.05) is 11.1 Å². The predicted octanol–water partition coefficient (Wildman–Crippen LogP) is 0.981. The highest BCUT2D eigenvalue weighted by molar-refractivity contribution is 8.06. The van der Waals surface area contributed by atoms with Gasteiger partial charge in [-0.1, -0.05) is 39.5 Å². The van der Waals surface area contributed by atoms with Crippen LogP contribution in [0.15, 0.2) is 22.3 Å². The zero-order valence-electron chi connectivity index (χ0n) is 23.6. The Balaban J connectivity index is 2.63. The lowest BCUT2D eigenvalue weighted by molar-refractivity contribution is -0.132. The minimum absolute atomic E-state index is 0.0123.